The molecule has 3 aromatic heterocycles. The maximum absolute atomic E-state index is 11.5. The van der Waals surface area contributed by atoms with Gasteiger partial charge in [0, 0.05) is 41.2 Å². The van der Waals surface area contributed by atoms with Gasteiger partial charge in [0.2, 0.25) is 11.8 Å². The van der Waals surface area contributed by atoms with E-state index in [0.717, 1.165) is 65.6 Å². The first-order chi connectivity index (χ1) is 16.1. The summed E-state index contributed by atoms with van der Waals surface area (Å²) in [6, 6.07) is 17.0. The highest BCUT2D eigenvalue weighted by Gasteiger charge is 2.24. The number of aryl methyl sites for hydroxylation is 2. The van der Waals surface area contributed by atoms with Crippen LogP contribution in [-0.4, -0.2) is 25.7 Å². The number of ether oxygens (including phenoxy) is 1. The molecule has 166 valence electrons. The quantitative estimate of drug-likeness (QED) is 0.482. The minimum Gasteiger partial charge on any atom is -0.438 e. The molecule has 0 saturated heterocycles. The Kier molecular flexibility index (Phi) is 5.60. The van der Waals surface area contributed by atoms with Gasteiger partial charge in [-0.3, -0.25) is 9.78 Å². The molecule has 5 rings (SSSR count). The van der Waals surface area contributed by atoms with Crippen LogP contribution < -0.4 is 10.5 Å². The number of carbonyl (C=O) groups excluding carboxylic acids is 1. The summed E-state index contributed by atoms with van der Waals surface area (Å²) in [5.41, 5.74) is 10.9. The number of rotatable bonds is 6. The molecule has 0 unspecified atom stereocenters. The lowest BCUT2D eigenvalue weighted by atomic mass is 9.98. The fourth-order valence-electron chi connectivity index (χ4n) is 4.20. The molecule has 1 amide bonds. The van der Waals surface area contributed by atoms with Crippen LogP contribution in [0.3, 0.4) is 0 Å². The topological polar surface area (TPSA) is 95.9 Å². The summed E-state index contributed by atoms with van der Waals surface area (Å²) in [7, 11) is 0. The molecule has 0 radical (unpaired) electrons. The highest BCUT2D eigenvalue weighted by Crippen LogP contribution is 2.34. The Morgan fingerprint density at radius 1 is 1.09 bits per heavy atom. The van der Waals surface area contributed by atoms with Crippen LogP contribution >= 0.6 is 0 Å². The highest BCUT2D eigenvalue weighted by molar-refractivity contribution is 5.92. The zero-order chi connectivity index (χ0) is 22.8. The maximum atomic E-state index is 11.5. The van der Waals surface area contributed by atoms with Crippen molar-refractivity contribution in [1.29, 1.82) is 0 Å². The van der Waals surface area contributed by atoms with E-state index in [9.17, 15) is 4.79 Å². The molecule has 0 saturated carbocycles. The number of pyridine rings is 2. The van der Waals surface area contributed by atoms with E-state index in [1.807, 2.05) is 54.1 Å². The fraction of sp³-hybridized carbons (Fsp3) is 0.231. The van der Waals surface area contributed by atoms with Crippen molar-refractivity contribution in [3.05, 3.63) is 94.6 Å². The van der Waals surface area contributed by atoms with Gasteiger partial charge in [-0.2, -0.15) is 9.78 Å². The minimum absolute atomic E-state index is 0.440. The van der Waals surface area contributed by atoms with Gasteiger partial charge in [0.05, 0.1) is 5.69 Å². The van der Waals surface area contributed by atoms with Crippen molar-refractivity contribution in [2.24, 2.45) is 5.73 Å². The molecule has 0 fully saturated rings. The van der Waals surface area contributed by atoms with Crippen LogP contribution in [0.4, 0.5) is 0 Å². The number of nitrogens with two attached hydrogens (primary N) is 1. The Morgan fingerprint density at radius 2 is 1.94 bits per heavy atom. The molecule has 0 aliphatic heterocycles. The molecule has 7 nitrogen and oxygen atoms in total. The highest BCUT2D eigenvalue weighted by atomic mass is 16.5. The van der Waals surface area contributed by atoms with Crippen LogP contribution in [0.2, 0.25) is 0 Å². The normalized spacial score (nSPS) is 12.9. The van der Waals surface area contributed by atoms with Gasteiger partial charge in [-0.25, -0.2) is 4.98 Å². The van der Waals surface area contributed by atoms with Gasteiger partial charge >= 0.3 is 0 Å². The van der Waals surface area contributed by atoms with E-state index in [1.165, 1.54) is 0 Å². The third-order valence-electron chi connectivity index (χ3n) is 5.80. The monoisotopic (exact) mass is 439 g/mol. The van der Waals surface area contributed by atoms with Crippen molar-refractivity contribution >= 4 is 5.91 Å². The van der Waals surface area contributed by atoms with Crippen molar-refractivity contribution in [2.75, 3.05) is 0 Å². The lowest BCUT2D eigenvalue weighted by molar-refractivity contribution is 0.1000. The number of fused-ring (bicyclic) bond motifs is 1. The van der Waals surface area contributed by atoms with Gasteiger partial charge in [-0.15, -0.1) is 0 Å². The fourth-order valence-corrected chi connectivity index (χ4v) is 4.20. The van der Waals surface area contributed by atoms with Gasteiger partial charge in [0.1, 0.15) is 5.75 Å². The Balaban J connectivity index is 1.47. The third kappa shape index (κ3) is 4.48. The minimum atomic E-state index is -0.440. The summed E-state index contributed by atoms with van der Waals surface area (Å²) in [5.74, 6) is 1.71. The smallest absolute Gasteiger partial charge is 0.248 e. The van der Waals surface area contributed by atoms with Crippen molar-refractivity contribution in [3.8, 4) is 17.4 Å². The predicted molar refractivity (Wildman–Crippen MR) is 125 cm³/mol. The van der Waals surface area contributed by atoms with Crippen LogP contribution in [0.25, 0.3) is 5.82 Å². The first-order valence-corrected chi connectivity index (χ1v) is 11.1. The average molecular weight is 440 g/mol. The third-order valence-corrected chi connectivity index (χ3v) is 5.80. The van der Waals surface area contributed by atoms with E-state index in [2.05, 4.69) is 9.97 Å². The largest absolute Gasteiger partial charge is 0.438 e. The zero-order valence-corrected chi connectivity index (χ0v) is 18.5. The number of carbonyl (C=O) groups is 1. The first-order valence-electron chi connectivity index (χ1n) is 11.1. The second-order valence-corrected chi connectivity index (χ2v) is 8.31. The Labute approximate surface area is 192 Å². The number of primary amides is 1. The van der Waals surface area contributed by atoms with E-state index >= 15 is 0 Å². The average Bonchev–Trinajstić information content (AvgIpc) is 3.18. The van der Waals surface area contributed by atoms with Gasteiger partial charge in [0.25, 0.3) is 0 Å². The number of aromatic nitrogens is 4. The Morgan fingerprint density at radius 3 is 2.79 bits per heavy atom. The van der Waals surface area contributed by atoms with E-state index in [0.29, 0.717) is 17.7 Å². The van der Waals surface area contributed by atoms with Crippen LogP contribution in [0, 0.1) is 6.92 Å². The van der Waals surface area contributed by atoms with Crippen LogP contribution in [-0.2, 0) is 19.3 Å². The molecule has 33 heavy (non-hydrogen) atoms. The first kappa shape index (κ1) is 20.9. The molecule has 2 N–H and O–H groups in total. The lowest BCUT2D eigenvalue weighted by Gasteiger charge is -2.13. The number of amides is 1. The van der Waals surface area contributed by atoms with Gasteiger partial charge in [0.15, 0.2) is 5.82 Å². The number of hydrogen-bond donors (Lipinski definition) is 1. The number of nitrogens with zero attached hydrogens (tertiary/aromatic N) is 4. The van der Waals surface area contributed by atoms with E-state index < -0.39 is 5.91 Å². The summed E-state index contributed by atoms with van der Waals surface area (Å²) in [4.78, 5) is 20.6. The molecule has 1 aliphatic rings. The van der Waals surface area contributed by atoms with Gasteiger partial charge in [-0.1, -0.05) is 18.2 Å². The van der Waals surface area contributed by atoms with Crippen LogP contribution in [0.1, 0.15) is 51.4 Å². The summed E-state index contributed by atoms with van der Waals surface area (Å²) < 4.78 is 8.25. The Hall–Kier alpha value is -4.00. The summed E-state index contributed by atoms with van der Waals surface area (Å²) in [6.07, 6.45) is 6.44. The summed E-state index contributed by atoms with van der Waals surface area (Å²) in [6.45, 7) is 1.97. The molecular formula is C26H25N5O2. The molecule has 0 bridgehead atoms. The molecule has 7 heteroatoms. The Bertz CT molecular complexity index is 1330. The van der Waals surface area contributed by atoms with Gasteiger partial charge < -0.3 is 10.5 Å². The van der Waals surface area contributed by atoms with Crippen LogP contribution in [0.15, 0.2) is 60.8 Å². The summed E-state index contributed by atoms with van der Waals surface area (Å²) >= 11 is 0. The second-order valence-electron chi connectivity index (χ2n) is 8.31. The molecule has 4 aromatic rings. The standard InChI is InChI=1S/C26H25N5O2/c1-17-6-4-11-24(29-17)31-26(22-9-2-3-10-23(22)30-31)33-21-12-13-28-20(16-21)15-18-7-5-8-19(14-18)25(27)32/h4-8,11-14,16H,2-3,9-10,15H2,1H3,(H2,27,32). The number of hydrogen-bond acceptors (Lipinski definition) is 5. The molecule has 0 atom stereocenters. The van der Waals surface area contributed by atoms with Crippen molar-refractivity contribution in [1.82, 2.24) is 19.7 Å². The molecule has 1 aromatic carbocycles. The van der Waals surface area contributed by atoms with Crippen molar-refractivity contribution < 1.29 is 9.53 Å². The van der Waals surface area contributed by atoms with Crippen molar-refractivity contribution in [2.45, 2.75) is 39.0 Å². The molecule has 3 heterocycles. The SMILES string of the molecule is Cc1cccc(-n2nc3c(c2Oc2ccnc(Cc4cccc(C(N)=O)c4)c2)CCCC3)n1. The number of benzene rings is 1. The van der Waals surface area contributed by atoms with E-state index in [4.69, 9.17) is 15.6 Å². The van der Waals surface area contributed by atoms with Crippen LogP contribution in [0.5, 0.6) is 11.6 Å². The predicted octanol–water partition coefficient (Wildman–Crippen LogP) is 4.33. The lowest BCUT2D eigenvalue weighted by Crippen LogP contribution is -2.11. The van der Waals surface area contributed by atoms with E-state index in [1.54, 1.807) is 18.3 Å². The zero-order valence-electron chi connectivity index (χ0n) is 18.5. The van der Waals surface area contributed by atoms with E-state index in [-0.39, 0.29) is 0 Å². The maximum Gasteiger partial charge on any atom is 0.248 e. The summed E-state index contributed by atoms with van der Waals surface area (Å²) in [5, 5.41) is 4.84. The molecule has 0 spiro atoms. The second kappa shape index (κ2) is 8.86. The van der Waals surface area contributed by atoms with Gasteiger partial charge in [-0.05, 0) is 68.5 Å². The molecule has 1 aliphatic carbocycles. The van der Waals surface area contributed by atoms with Crippen molar-refractivity contribution in [3.63, 3.8) is 0 Å². The molecular weight excluding hydrogens is 414 g/mol.